The van der Waals surface area contributed by atoms with Gasteiger partial charge in [0.05, 0.1) is 6.07 Å². The number of nitriles is 1. The van der Waals surface area contributed by atoms with Crippen molar-refractivity contribution in [3.63, 3.8) is 0 Å². The Kier molecular flexibility index (Phi) is 31.8. The Morgan fingerprint density at radius 3 is 1.05 bits per heavy atom. The predicted molar refractivity (Wildman–Crippen MR) is 167 cm³/mol. The van der Waals surface area contributed by atoms with Gasteiger partial charge in [0.15, 0.2) is 0 Å². The summed E-state index contributed by atoms with van der Waals surface area (Å²) >= 11 is 0. The van der Waals surface area contributed by atoms with Gasteiger partial charge in [-0.25, -0.2) is 0 Å². The van der Waals surface area contributed by atoms with E-state index in [-0.39, 0.29) is 0 Å². The highest BCUT2D eigenvalue weighted by Gasteiger charge is 2.05. The van der Waals surface area contributed by atoms with Crippen molar-refractivity contribution in [2.75, 3.05) is 141 Å². The molecule has 228 valence electrons. The van der Waals surface area contributed by atoms with Gasteiger partial charge < -0.3 is 40.4 Å². The fraction of sp³-hybridized carbons (Fsp3) is 0.966. The minimum absolute atomic E-state index is 0.613. The summed E-state index contributed by atoms with van der Waals surface area (Å²) in [6.45, 7) is 14.7. The van der Waals surface area contributed by atoms with Crippen LogP contribution in [0.4, 0.5) is 0 Å². The molecule has 0 aromatic heterocycles. The Labute approximate surface area is 238 Å². The maximum atomic E-state index is 8.21. The SMILES string of the molecule is CN(C)CCCNCCC#N.CN(C)CCCNCCCN(CCCNCCCN(C)C)CCCN(C)C. The van der Waals surface area contributed by atoms with Crippen molar-refractivity contribution in [2.45, 2.75) is 44.9 Å². The molecule has 0 spiro atoms. The Morgan fingerprint density at radius 2 is 0.711 bits per heavy atom. The van der Waals surface area contributed by atoms with Crippen molar-refractivity contribution in [3.8, 4) is 6.07 Å². The standard InChI is InChI=1S/C21H50N6.C8H17N3/c1-24(2)16-7-12-22-14-9-19-27(21-11-18-26(5)6)20-10-15-23-13-8-17-25(3)4;1-11(2)8-4-7-10-6-3-5-9/h22-23H,7-21H2,1-6H3;10H,3-4,6-8H2,1-2H3. The van der Waals surface area contributed by atoms with Crippen LogP contribution in [-0.4, -0.2) is 166 Å². The van der Waals surface area contributed by atoms with Crippen LogP contribution < -0.4 is 16.0 Å². The molecule has 0 aliphatic carbocycles. The van der Waals surface area contributed by atoms with Crippen LogP contribution in [0.1, 0.15) is 44.9 Å². The van der Waals surface area contributed by atoms with Crippen molar-refractivity contribution in [1.29, 1.82) is 5.26 Å². The first kappa shape index (κ1) is 39.3. The topological polar surface area (TPSA) is 76.1 Å². The molecule has 0 radical (unpaired) electrons. The highest BCUT2D eigenvalue weighted by atomic mass is 15.1. The monoisotopic (exact) mass is 542 g/mol. The molecular weight excluding hydrogens is 474 g/mol. The quantitative estimate of drug-likeness (QED) is 0.141. The Hall–Kier alpha value is -0.830. The third-order valence-corrected chi connectivity index (χ3v) is 6.03. The summed E-state index contributed by atoms with van der Waals surface area (Å²) < 4.78 is 0. The third-order valence-electron chi connectivity index (χ3n) is 6.03. The molecule has 0 saturated carbocycles. The van der Waals surface area contributed by atoms with E-state index in [1.807, 2.05) is 0 Å². The molecule has 0 atom stereocenters. The minimum Gasteiger partial charge on any atom is -0.317 e. The number of hydrogen-bond acceptors (Lipinski definition) is 9. The average molecular weight is 542 g/mol. The zero-order valence-electron chi connectivity index (χ0n) is 26.8. The van der Waals surface area contributed by atoms with Gasteiger partial charge in [0.1, 0.15) is 0 Å². The summed E-state index contributed by atoms with van der Waals surface area (Å²) in [5, 5.41) is 18.6. The molecule has 0 bridgehead atoms. The van der Waals surface area contributed by atoms with E-state index in [2.05, 4.69) is 103 Å². The lowest BCUT2D eigenvalue weighted by molar-refractivity contribution is 0.247. The third kappa shape index (κ3) is 37.3. The van der Waals surface area contributed by atoms with Crippen LogP contribution in [0.25, 0.3) is 0 Å². The number of nitrogens with zero attached hydrogens (tertiary/aromatic N) is 6. The summed E-state index contributed by atoms with van der Waals surface area (Å²) in [7, 11) is 17.0. The van der Waals surface area contributed by atoms with Crippen molar-refractivity contribution < 1.29 is 0 Å². The van der Waals surface area contributed by atoms with Crippen molar-refractivity contribution in [2.24, 2.45) is 0 Å². The Bertz CT molecular complexity index is 471. The van der Waals surface area contributed by atoms with E-state index in [1.165, 1.54) is 71.4 Å². The van der Waals surface area contributed by atoms with E-state index in [0.717, 1.165) is 52.2 Å². The maximum Gasteiger partial charge on any atom is 0.0635 e. The molecule has 0 unspecified atom stereocenters. The summed E-state index contributed by atoms with van der Waals surface area (Å²) in [5.41, 5.74) is 0. The first-order valence-corrected chi connectivity index (χ1v) is 15.0. The van der Waals surface area contributed by atoms with Gasteiger partial charge in [-0.2, -0.15) is 5.26 Å². The lowest BCUT2D eigenvalue weighted by Crippen LogP contribution is -2.33. The Balaban J connectivity index is 0. The van der Waals surface area contributed by atoms with Gasteiger partial charge in [-0.05, 0) is 173 Å². The van der Waals surface area contributed by atoms with Crippen LogP contribution in [0, 0.1) is 11.3 Å². The molecule has 0 amide bonds. The van der Waals surface area contributed by atoms with E-state index < -0.39 is 0 Å². The molecule has 9 nitrogen and oxygen atoms in total. The van der Waals surface area contributed by atoms with Crippen LogP contribution in [0.2, 0.25) is 0 Å². The van der Waals surface area contributed by atoms with Crippen LogP contribution in [0.5, 0.6) is 0 Å². The fourth-order valence-electron chi connectivity index (χ4n) is 3.88. The van der Waals surface area contributed by atoms with Crippen molar-refractivity contribution >= 4 is 0 Å². The van der Waals surface area contributed by atoms with Gasteiger partial charge in [-0.1, -0.05) is 0 Å². The van der Waals surface area contributed by atoms with Crippen molar-refractivity contribution in [1.82, 2.24) is 40.4 Å². The largest absolute Gasteiger partial charge is 0.317 e. The fourth-order valence-corrected chi connectivity index (χ4v) is 3.88. The minimum atomic E-state index is 0.613. The van der Waals surface area contributed by atoms with E-state index in [1.54, 1.807) is 0 Å². The average Bonchev–Trinajstić information content (AvgIpc) is 2.84. The lowest BCUT2D eigenvalue weighted by Gasteiger charge is -2.23. The summed E-state index contributed by atoms with van der Waals surface area (Å²) in [6.07, 6.45) is 8.00. The van der Waals surface area contributed by atoms with Gasteiger partial charge in [-0.3, -0.25) is 0 Å². The second kappa shape index (κ2) is 30.7. The molecule has 38 heavy (non-hydrogen) atoms. The van der Waals surface area contributed by atoms with Gasteiger partial charge in [-0.15, -0.1) is 0 Å². The molecule has 0 aromatic carbocycles. The second-order valence-electron chi connectivity index (χ2n) is 11.3. The molecule has 0 aliphatic heterocycles. The van der Waals surface area contributed by atoms with E-state index in [4.69, 9.17) is 5.26 Å². The smallest absolute Gasteiger partial charge is 0.0635 e. The highest BCUT2D eigenvalue weighted by Crippen LogP contribution is 1.98. The Morgan fingerprint density at radius 1 is 0.421 bits per heavy atom. The van der Waals surface area contributed by atoms with Crippen LogP contribution in [-0.2, 0) is 0 Å². The summed E-state index contributed by atoms with van der Waals surface area (Å²) in [4.78, 5) is 11.6. The van der Waals surface area contributed by atoms with E-state index in [0.29, 0.717) is 6.42 Å². The molecule has 0 aliphatic rings. The van der Waals surface area contributed by atoms with Crippen LogP contribution in [0.15, 0.2) is 0 Å². The molecule has 9 heteroatoms. The highest BCUT2D eigenvalue weighted by molar-refractivity contribution is 4.70. The first-order valence-electron chi connectivity index (χ1n) is 15.0. The van der Waals surface area contributed by atoms with E-state index >= 15 is 0 Å². The van der Waals surface area contributed by atoms with Gasteiger partial charge in [0.25, 0.3) is 0 Å². The number of nitrogens with one attached hydrogen (secondary N) is 3. The van der Waals surface area contributed by atoms with Gasteiger partial charge in [0, 0.05) is 13.0 Å². The molecule has 0 aromatic rings. The molecule has 3 N–H and O–H groups in total. The molecule has 0 fully saturated rings. The first-order chi connectivity index (χ1) is 18.2. The van der Waals surface area contributed by atoms with Crippen LogP contribution >= 0.6 is 0 Å². The van der Waals surface area contributed by atoms with Crippen LogP contribution in [0.3, 0.4) is 0 Å². The summed E-state index contributed by atoms with van der Waals surface area (Å²) in [6, 6.07) is 2.09. The molecular formula is C29H67N9. The second-order valence-corrected chi connectivity index (χ2v) is 11.3. The molecule has 0 rings (SSSR count). The molecule has 0 saturated heterocycles. The zero-order valence-corrected chi connectivity index (χ0v) is 26.8. The number of rotatable bonds is 26. The normalized spacial score (nSPS) is 11.6. The maximum absolute atomic E-state index is 8.21. The number of hydrogen-bond donors (Lipinski definition) is 3. The van der Waals surface area contributed by atoms with Gasteiger partial charge in [0.2, 0.25) is 0 Å². The molecule has 0 heterocycles. The van der Waals surface area contributed by atoms with Crippen molar-refractivity contribution in [3.05, 3.63) is 0 Å². The van der Waals surface area contributed by atoms with Gasteiger partial charge >= 0.3 is 0 Å². The van der Waals surface area contributed by atoms with E-state index in [9.17, 15) is 0 Å². The predicted octanol–water partition coefficient (Wildman–Crippen LogP) is 1.54. The zero-order chi connectivity index (χ0) is 28.9. The summed E-state index contributed by atoms with van der Waals surface area (Å²) in [5.74, 6) is 0. The lowest BCUT2D eigenvalue weighted by atomic mass is 10.2.